The quantitative estimate of drug-likeness (QED) is 0.768. The molecule has 2 saturated heterocycles. The van der Waals surface area contributed by atoms with Gasteiger partial charge >= 0.3 is 5.69 Å². The van der Waals surface area contributed by atoms with Crippen LogP contribution in [0.5, 0.6) is 0 Å². The van der Waals surface area contributed by atoms with E-state index in [-0.39, 0.29) is 5.82 Å². The average molecular weight is 430 g/mol. The molecule has 0 unspecified atom stereocenters. The second-order valence-electron chi connectivity index (χ2n) is 7.69. The molecular weight excluding hydrogens is 406 g/mol. The minimum absolute atomic E-state index is 0.0264. The standard InChI is InChI=1S/C21H24F2N6O2/c22-21(23)10-16(31-19(21)29-9-7-18(25)27-20(29)30)13-28-8-6-17(14(11-24)12-28)26-15-4-2-1-3-5-15/h1-5,7,9,11,16,19H,6,8,10,12-13,24H2,(H2,25,27,30)/t16-,19+/m0/s1. The number of hydrogen-bond acceptors (Lipinski definition) is 7. The summed E-state index contributed by atoms with van der Waals surface area (Å²) in [7, 11) is 0. The summed E-state index contributed by atoms with van der Waals surface area (Å²) < 4.78 is 35.6. The van der Waals surface area contributed by atoms with Gasteiger partial charge in [0.25, 0.3) is 5.92 Å². The van der Waals surface area contributed by atoms with Gasteiger partial charge in [-0.05, 0) is 18.2 Å². The van der Waals surface area contributed by atoms with Crippen molar-refractivity contribution in [2.45, 2.75) is 31.1 Å². The smallest absolute Gasteiger partial charge is 0.351 e. The number of likely N-dealkylation sites (tertiary alicyclic amines) is 1. The highest BCUT2D eigenvalue weighted by molar-refractivity contribution is 6.02. The van der Waals surface area contributed by atoms with E-state index in [2.05, 4.69) is 9.98 Å². The molecule has 10 heteroatoms. The summed E-state index contributed by atoms with van der Waals surface area (Å²) >= 11 is 0. The lowest BCUT2D eigenvalue weighted by Gasteiger charge is -2.31. The van der Waals surface area contributed by atoms with Crippen LogP contribution in [-0.4, -0.2) is 51.8 Å². The molecule has 3 heterocycles. The third kappa shape index (κ3) is 4.64. The van der Waals surface area contributed by atoms with Gasteiger partial charge in [-0.15, -0.1) is 0 Å². The molecule has 2 aliphatic rings. The first-order valence-corrected chi connectivity index (χ1v) is 10.00. The van der Waals surface area contributed by atoms with Crippen LogP contribution < -0.4 is 17.2 Å². The first-order valence-electron chi connectivity index (χ1n) is 10.00. The zero-order valence-corrected chi connectivity index (χ0v) is 16.8. The molecule has 4 rings (SSSR count). The summed E-state index contributed by atoms with van der Waals surface area (Å²) in [6.45, 7) is 1.42. The zero-order valence-electron chi connectivity index (χ0n) is 16.8. The predicted octanol–water partition coefficient (Wildman–Crippen LogP) is 2.07. The molecule has 2 aromatic rings. The van der Waals surface area contributed by atoms with Crippen molar-refractivity contribution in [1.82, 2.24) is 14.5 Å². The van der Waals surface area contributed by atoms with Crippen molar-refractivity contribution >= 4 is 17.2 Å². The number of ether oxygens (including phenoxy) is 1. The molecule has 0 amide bonds. The lowest BCUT2D eigenvalue weighted by Crippen LogP contribution is -2.40. The number of hydrogen-bond donors (Lipinski definition) is 2. The summed E-state index contributed by atoms with van der Waals surface area (Å²) in [5.74, 6) is -3.23. The number of aromatic nitrogens is 2. The average Bonchev–Trinajstić information content (AvgIpc) is 3.03. The third-order valence-corrected chi connectivity index (χ3v) is 5.40. The largest absolute Gasteiger partial charge is 0.404 e. The van der Waals surface area contributed by atoms with Crippen molar-refractivity contribution in [2.24, 2.45) is 10.7 Å². The minimum atomic E-state index is -3.20. The van der Waals surface area contributed by atoms with Crippen LogP contribution >= 0.6 is 0 Å². The number of nitrogen functional groups attached to an aromatic ring is 1. The van der Waals surface area contributed by atoms with Gasteiger partial charge in [0.15, 0.2) is 0 Å². The number of piperidine rings is 1. The maximum atomic E-state index is 14.6. The normalized spacial score (nSPS) is 26.5. The molecule has 8 nitrogen and oxygen atoms in total. The highest BCUT2D eigenvalue weighted by atomic mass is 19.3. The van der Waals surface area contributed by atoms with Crippen molar-refractivity contribution in [1.29, 1.82) is 0 Å². The van der Waals surface area contributed by atoms with Gasteiger partial charge in [0.05, 0.1) is 11.8 Å². The molecule has 0 bridgehead atoms. The van der Waals surface area contributed by atoms with E-state index in [0.717, 1.165) is 21.5 Å². The Hall–Kier alpha value is -3.11. The number of alkyl halides is 2. The van der Waals surface area contributed by atoms with Crippen LogP contribution in [0.2, 0.25) is 0 Å². The fourth-order valence-corrected chi connectivity index (χ4v) is 3.93. The molecule has 2 atom stereocenters. The molecule has 2 fully saturated rings. The maximum Gasteiger partial charge on any atom is 0.351 e. The van der Waals surface area contributed by atoms with E-state index in [1.54, 1.807) is 0 Å². The van der Waals surface area contributed by atoms with Gasteiger partial charge in [0, 0.05) is 56.2 Å². The number of nitrogens with two attached hydrogens (primary N) is 2. The van der Waals surface area contributed by atoms with Gasteiger partial charge in [-0.2, -0.15) is 4.98 Å². The van der Waals surface area contributed by atoms with Gasteiger partial charge in [-0.1, -0.05) is 18.2 Å². The van der Waals surface area contributed by atoms with Crippen LogP contribution in [0.25, 0.3) is 0 Å². The fraction of sp³-hybridized carbons (Fsp3) is 0.381. The van der Waals surface area contributed by atoms with Gasteiger partial charge in [0.1, 0.15) is 5.82 Å². The van der Waals surface area contributed by atoms with Gasteiger partial charge in [0.2, 0.25) is 6.23 Å². The molecule has 0 saturated carbocycles. The number of anilines is 1. The van der Waals surface area contributed by atoms with Crippen LogP contribution in [0, 0.1) is 0 Å². The monoisotopic (exact) mass is 430 g/mol. The topological polar surface area (TPSA) is 112 Å². The summed E-state index contributed by atoms with van der Waals surface area (Å²) in [6, 6.07) is 10.9. The summed E-state index contributed by atoms with van der Waals surface area (Å²) in [5.41, 5.74) is 13.0. The Kier molecular flexibility index (Phi) is 5.84. The highest BCUT2D eigenvalue weighted by Crippen LogP contribution is 2.42. The minimum Gasteiger partial charge on any atom is -0.404 e. The van der Waals surface area contributed by atoms with Crippen LogP contribution in [0.1, 0.15) is 19.1 Å². The fourth-order valence-electron chi connectivity index (χ4n) is 3.93. The van der Waals surface area contributed by atoms with E-state index in [0.29, 0.717) is 26.1 Å². The lowest BCUT2D eigenvalue weighted by atomic mass is 10.0. The molecule has 0 radical (unpaired) electrons. The Morgan fingerprint density at radius 3 is 2.77 bits per heavy atom. The van der Waals surface area contributed by atoms with E-state index in [1.165, 1.54) is 18.5 Å². The lowest BCUT2D eigenvalue weighted by molar-refractivity contribution is -0.118. The number of nitrogens with zero attached hydrogens (tertiary/aromatic N) is 4. The second kappa shape index (κ2) is 8.56. The molecule has 1 aromatic heterocycles. The Balaban J connectivity index is 1.43. The van der Waals surface area contributed by atoms with Crippen molar-refractivity contribution in [2.75, 3.05) is 25.4 Å². The summed E-state index contributed by atoms with van der Waals surface area (Å²) in [6.07, 6.45) is 0.413. The highest BCUT2D eigenvalue weighted by Gasteiger charge is 2.52. The number of halogens is 2. The Bertz CT molecular complexity index is 1050. The Morgan fingerprint density at radius 2 is 2.06 bits per heavy atom. The second-order valence-corrected chi connectivity index (χ2v) is 7.69. The Labute approximate surface area is 177 Å². The number of aliphatic imine (C=N–C) groups is 1. The number of para-hydroxylation sites is 1. The van der Waals surface area contributed by atoms with E-state index < -0.39 is 30.4 Å². The predicted molar refractivity (Wildman–Crippen MR) is 113 cm³/mol. The van der Waals surface area contributed by atoms with Gasteiger partial charge in [-0.3, -0.25) is 14.5 Å². The van der Waals surface area contributed by atoms with Crippen molar-refractivity contribution in [3.05, 3.63) is 64.9 Å². The van der Waals surface area contributed by atoms with E-state index in [4.69, 9.17) is 16.2 Å². The zero-order chi connectivity index (χ0) is 22.0. The first-order chi connectivity index (χ1) is 14.9. The van der Waals surface area contributed by atoms with E-state index in [1.807, 2.05) is 35.2 Å². The van der Waals surface area contributed by atoms with Crippen LogP contribution in [0.4, 0.5) is 20.3 Å². The third-order valence-electron chi connectivity index (χ3n) is 5.40. The van der Waals surface area contributed by atoms with Crippen LogP contribution in [0.15, 0.2) is 64.2 Å². The first kappa shape index (κ1) is 21.1. The molecular formula is C21H24F2N6O2. The van der Waals surface area contributed by atoms with Crippen molar-refractivity contribution in [3.8, 4) is 0 Å². The van der Waals surface area contributed by atoms with Gasteiger partial charge < -0.3 is 16.2 Å². The summed E-state index contributed by atoms with van der Waals surface area (Å²) in [4.78, 5) is 22.2. The maximum absolute atomic E-state index is 14.6. The molecule has 0 aliphatic carbocycles. The van der Waals surface area contributed by atoms with E-state index in [9.17, 15) is 13.6 Å². The summed E-state index contributed by atoms with van der Waals surface area (Å²) in [5, 5.41) is 0. The van der Waals surface area contributed by atoms with E-state index >= 15 is 0 Å². The van der Waals surface area contributed by atoms with Gasteiger partial charge in [-0.25, -0.2) is 13.6 Å². The number of benzene rings is 1. The van der Waals surface area contributed by atoms with Crippen molar-refractivity contribution in [3.63, 3.8) is 0 Å². The molecule has 31 heavy (non-hydrogen) atoms. The molecule has 1 aromatic carbocycles. The Morgan fingerprint density at radius 1 is 1.29 bits per heavy atom. The van der Waals surface area contributed by atoms with Crippen LogP contribution in [0.3, 0.4) is 0 Å². The van der Waals surface area contributed by atoms with Crippen molar-refractivity contribution < 1.29 is 13.5 Å². The molecule has 164 valence electrons. The molecule has 0 spiro atoms. The molecule has 4 N–H and O–H groups in total. The molecule has 2 aliphatic heterocycles. The SMILES string of the molecule is NC=C1CN(C[C@@H]2CC(F)(F)[C@H](n3ccc(N)nc3=O)O2)CCC1=Nc1ccccc1. The number of rotatable bonds is 4. The van der Waals surface area contributed by atoms with Crippen LogP contribution in [-0.2, 0) is 4.74 Å².